The highest BCUT2D eigenvalue weighted by molar-refractivity contribution is 8.49. The Labute approximate surface area is 154 Å². The van der Waals surface area contributed by atoms with Crippen molar-refractivity contribution in [3.63, 3.8) is 0 Å². The van der Waals surface area contributed by atoms with E-state index in [1.54, 1.807) is 12.7 Å². The van der Waals surface area contributed by atoms with Gasteiger partial charge in [0.2, 0.25) is 0 Å². The molecular weight excluding hydrogens is 401 g/mol. The Bertz CT molecular complexity index is 504. The monoisotopic (exact) mass is 412 g/mol. The van der Waals surface area contributed by atoms with Gasteiger partial charge in [-0.2, -0.15) is 0 Å². The minimum atomic E-state index is 0.753. The van der Waals surface area contributed by atoms with E-state index >= 15 is 0 Å². The molecule has 2 unspecified atom stereocenters. The highest BCUT2D eigenvalue weighted by Gasteiger charge is 2.36. The molecule has 20 heavy (non-hydrogen) atoms. The van der Waals surface area contributed by atoms with E-state index in [4.69, 9.17) is 0 Å². The van der Waals surface area contributed by atoms with Crippen LogP contribution in [0, 0.1) is 0 Å². The Morgan fingerprint density at radius 3 is 1.50 bits per heavy atom. The first-order chi connectivity index (χ1) is 9.70. The fourth-order valence-corrected chi connectivity index (χ4v) is 14.6. The van der Waals surface area contributed by atoms with Crippen molar-refractivity contribution in [2.75, 3.05) is 11.5 Å². The third-order valence-corrected chi connectivity index (χ3v) is 15.6. The maximum Gasteiger partial charge on any atom is 0.0718 e. The van der Waals surface area contributed by atoms with E-state index in [0.29, 0.717) is 0 Å². The lowest BCUT2D eigenvalue weighted by Gasteiger charge is -2.06. The van der Waals surface area contributed by atoms with Gasteiger partial charge in [0, 0.05) is 22.0 Å². The zero-order valence-electron chi connectivity index (χ0n) is 10.8. The van der Waals surface area contributed by atoms with Crippen molar-refractivity contribution in [1.29, 1.82) is 0 Å². The van der Waals surface area contributed by atoms with E-state index in [2.05, 4.69) is 37.4 Å². The lowest BCUT2D eigenvalue weighted by Crippen LogP contribution is -2.04. The number of hydrogen-bond acceptors (Lipinski definition) is 8. The molecule has 0 nitrogen and oxygen atoms in total. The summed E-state index contributed by atoms with van der Waals surface area (Å²) < 4.78 is 9.28. The molecule has 2 fully saturated rings. The predicted molar refractivity (Wildman–Crippen MR) is 110 cm³/mol. The van der Waals surface area contributed by atoms with Gasteiger partial charge >= 0.3 is 0 Å². The fourth-order valence-electron chi connectivity index (χ4n) is 1.83. The van der Waals surface area contributed by atoms with Crippen LogP contribution in [0.1, 0.15) is 13.8 Å². The van der Waals surface area contributed by atoms with Gasteiger partial charge in [-0.15, -0.1) is 47.0 Å². The summed E-state index contributed by atoms with van der Waals surface area (Å²) in [4.78, 5) is 0. The van der Waals surface area contributed by atoms with Crippen molar-refractivity contribution in [2.45, 2.75) is 24.3 Å². The highest BCUT2D eigenvalue weighted by Crippen LogP contribution is 2.70. The molecule has 2 atom stereocenters. The zero-order valence-corrected chi connectivity index (χ0v) is 17.4. The van der Waals surface area contributed by atoms with Crippen molar-refractivity contribution in [3.05, 3.63) is 25.4 Å². The molecule has 0 aromatic carbocycles. The van der Waals surface area contributed by atoms with Crippen molar-refractivity contribution >= 4 is 94.1 Å². The van der Waals surface area contributed by atoms with Gasteiger partial charge in [0.25, 0.3) is 0 Å². The van der Waals surface area contributed by atoms with Gasteiger partial charge in [-0.3, -0.25) is 0 Å². The second kappa shape index (κ2) is 6.49. The topological polar surface area (TPSA) is 0 Å². The van der Waals surface area contributed by atoms with Crippen LogP contribution in [0.4, 0.5) is 0 Å². The smallest absolute Gasteiger partial charge is 0.0718 e. The van der Waals surface area contributed by atoms with Crippen LogP contribution in [-0.4, -0.2) is 22.0 Å². The molecule has 4 heterocycles. The molecule has 0 bridgehead atoms. The van der Waals surface area contributed by atoms with E-state index in [-0.39, 0.29) is 0 Å². The van der Waals surface area contributed by atoms with Gasteiger partial charge in [-0.1, -0.05) is 60.9 Å². The standard InChI is InChI=1S/C12H12S8/c1-5-6(2)16-9(15-5)10-19-11-12(20-10)18-8(17-11)7-13-3-4-14-7/h5-6H,3-4H2,1-2H3. The van der Waals surface area contributed by atoms with Gasteiger partial charge in [0.1, 0.15) is 0 Å². The maximum absolute atomic E-state index is 2.35. The Hall–Kier alpha value is 2.02. The van der Waals surface area contributed by atoms with Crippen molar-refractivity contribution in [2.24, 2.45) is 0 Å². The molecule has 0 amide bonds. The van der Waals surface area contributed by atoms with Gasteiger partial charge < -0.3 is 0 Å². The second-order valence-corrected chi connectivity index (χ2v) is 15.1. The van der Waals surface area contributed by atoms with Crippen LogP contribution in [0.3, 0.4) is 0 Å². The molecular formula is C12H12S8. The molecule has 8 heteroatoms. The molecule has 0 aromatic rings. The Morgan fingerprint density at radius 2 is 1.00 bits per heavy atom. The first kappa shape index (κ1) is 15.5. The average molecular weight is 413 g/mol. The second-order valence-electron chi connectivity index (χ2n) is 4.48. The molecule has 4 aliphatic rings. The summed E-state index contributed by atoms with van der Waals surface area (Å²) in [5.74, 6) is 2.57. The van der Waals surface area contributed by atoms with Crippen LogP contribution in [0.15, 0.2) is 25.4 Å². The summed E-state index contributed by atoms with van der Waals surface area (Å²) in [5.41, 5.74) is 0. The lowest BCUT2D eigenvalue weighted by molar-refractivity contribution is 0.941. The lowest BCUT2D eigenvalue weighted by atomic mass is 10.4. The first-order valence-electron chi connectivity index (χ1n) is 6.24. The molecule has 0 aromatic heterocycles. The summed E-state index contributed by atoms with van der Waals surface area (Å²) in [6.45, 7) is 4.70. The van der Waals surface area contributed by atoms with E-state index in [1.807, 2.05) is 70.6 Å². The van der Waals surface area contributed by atoms with Crippen LogP contribution in [-0.2, 0) is 0 Å². The van der Waals surface area contributed by atoms with E-state index in [0.717, 1.165) is 10.5 Å². The van der Waals surface area contributed by atoms with Crippen molar-refractivity contribution in [3.8, 4) is 0 Å². The number of thioether (sulfide) groups is 8. The normalized spacial score (nSPS) is 33.9. The summed E-state index contributed by atoms with van der Waals surface area (Å²) >= 11 is 16.3. The molecule has 0 aliphatic carbocycles. The van der Waals surface area contributed by atoms with Gasteiger partial charge in [-0.05, 0) is 0 Å². The SMILES string of the molecule is CC1SC(=C2SC3=C(SC(=C4SCCS4)S3)S2)SC1C. The van der Waals surface area contributed by atoms with Crippen LogP contribution >= 0.6 is 94.1 Å². The minimum Gasteiger partial charge on any atom is -0.117 e. The Morgan fingerprint density at radius 1 is 0.600 bits per heavy atom. The van der Waals surface area contributed by atoms with E-state index in [1.165, 1.54) is 24.2 Å². The van der Waals surface area contributed by atoms with Crippen LogP contribution in [0.5, 0.6) is 0 Å². The molecule has 0 saturated carbocycles. The minimum absolute atomic E-state index is 0.753. The summed E-state index contributed by atoms with van der Waals surface area (Å²) in [6.07, 6.45) is 0. The molecule has 108 valence electrons. The third-order valence-electron chi connectivity index (χ3n) is 3.04. The van der Waals surface area contributed by atoms with E-state index in [9.17, 15) is 0 Å². The Balaban J connectivity index is 1.48. The molecule has 0 spiro atoms. The van der Waals surface area contributed by atoms with Gasteiger partial charge in [0.05, 0.1) is 25.4 Å². The fraction of sp³-hybridized carbons (Fsp3) is 0.500. The zero-order chi connectivity index (χ0) is 13.7. The molecule has 2 saturated heterocycles. The first-order valence-corrected chi connectivity index (χ1v) is 13.2. The van der Waals surface area contributed by atoms with Gasteiger partial charge in [-0.25, -0.2) is 0 Å². The predicted octanol–water partition coefficient (Wildman–Crippen LogP) is 7.06. The summed E-state index contributed by atoms with van der Waals surface area (Å²) in [5, 5.41) is 1.51. The van der Waals surface area contributed by atoms with Crippen molar-refractivity contribution in [1.82, 2.24) is 0 Å². The number of rotatable bonds is 0. The maximum atomic E-state index is 2.35. The Kier molecular flexibility index (Phi) is 5.05. The van der Waals surface area contributed by atoms with Crippen LogP contribution in [0.2, 0.25) is 0 Å². The molecule has 0 N–H and O–H groups in total. The van der Waals surface area contributed by atoms with Crippen molar-refractivity contribution < 1.29 is 0 Å². The molecule has 4 rings (SSSR count). The molecule has 4 aliphatic heterocycles. The quantitative estimate of drug-likeness (QED) is 0.409. The van der Waals surface area contributed by atoms with Crippen LogP contribution < -0.4 is 0 Å². The van der Waals surface area contributed by atoms with E-state index < -0.39 is 0 Å². The van der Waals surface area contributed by atoms with Gasteiger partial charge in [0.15, 0.2) is 0 Å². The third kappa shape index (κ3) is 3.01. The summed E-state index contributed by atoms with van der Waals surface area (Å²) in [6, 6.07) is 0. The number of hydrogen-bond donors (Lipinski definition) is 0. The molecule has 0 radical (unpaired) electrons. The summed E-state index contributed by atoms with van der Waals surface area (Å²) in [7, 11) is 0. The highest BCUT2D eigenvalue weighted by atomic mass is 32.3. The van der Waals surface area contributed by atoms with Crippen LogP contribution in [0.25, 0.3) is 0 Å². The average Bonchev–Trinajstić information content (AvgIpc) is 3.12. The largest absolute Gasteiger partial charge is 0.117 e.